The summed E-state index contributed by atoms with van der Waals surface area (Å²) >= 11 is 0. The topological polar surface area (TPSA) is 131 Å². The van der Waals surface area contributed by atoms with Crippen LogP contribution < -0.4 is 5.32 Å². The highest BCUT2D eigenvalue weighted by Crippen LogP contribution is 2.29. The molecule has 0 saturated carbocycles. The fourth-order valence-electron chi connectivity index (χ4n) is 3.71. The number of methoxy groups -OCH3 is 1. The predicted molar refractivity (Wildman–Crippen MR) is 123 cm³/mol. The van der Waals surface area contributed by atoms with Crippen LogP contribution in [-0.4, -0.2) is 69.3 Å². The third kappa shape index (κ3) is 6.73. The Bertz CT molecular complexity index is 1160. The van der Waals surface area contributed by atoms with Crippen molar-refractivity contribution < 1.29 is 42.1 Å². The molecule has 200 valence electrons. The van der Waals surface area contributed by atoms with Crippen LogP contribution in [0.25, 0.3) is 11.3 Å². The number of esters is 1. The van der Waals surface area contributed by atoms with E-state index in [0.717, 1.165) is 24.3 Å². The second kappa shape index (κ2) is 10.7. The SMILES string of the molecule is COC(=O)c1cnc(-c2ccc(C(F)(F)F)nc2)cc1CNC(=O)[C@@H]1[C@H](O)CCN1C(=O)OC(C)(C)C. The molecule has 2 amide bonds. The molecule has 3 heterocycles. The number of alkyl halides is 3. The van der Waals surface area contributed by atoms with E-state index in [1.54, 1.807) is 20.8 Å². The zero-order valence-electron chi connectivity index (χ0n) is 20.6. The Labute approximate surface area is 210 Å². The van der Waals surface area contributed by atoms with E-state index < -0.39 is 47.6 Å². The van der Waals surface area contributed by atoms with Crippen molar-refractivity contribution in [3.8, 4) is 11.3 Å². The molecule has 13 heteroatoms. The van der Waals surface area contributed by atoms with Crippen molar-refractivity contribution in [2.75, 3.05) is 13.7 Å². The van der Waals surface area contributed by atoms with Gasteiger partial charge in [-0.3, -0.25) is 19.7 Å². The lowest BCUT2D eigenvalue weighted by Gasteiger charge is -2.28. The number of aromatic nitrogens is 2. The number of likely N-dealkylation sites (tertiary alicyclic amines) is 1. The average Bonchev–Trinajstić information content (AvgIpc) is 3.22. The summed E-state index contributed by atoms with van der Waals surface area (Å²) in [5.41, 5.74) is -1.15. The Balaban J connectivity index is 1.83. The van der Waals surface area contributed by atoms with Crippen molar-refractivity contribution in [3.63, 3.8) is 0 Å². The van der Waals surface area contributed by atoms with Gasteiger partial charge in [0, 0.05) is 31.0 Å². The zero-order chi connectivity index (χ0) is 27.5. The van der Waals surface area contributed by atoms with Gasteiger partial charge in [0.2, 0.25) is 5.91 Å². The Morgan fingerprint density at radius 3 is 2.43 bits per heavy atom. The summed E-state index contributed by atoms with van der Waals surface area (Å²) < 4.78 is 48.6. The molecule has 3 rings (SSSR count). The van der Waals surface area contributed by atoms with Crippen LogP contribution in [0.15, 0.2) is 30.6 Å². The number of carbonyl (C=O) groups excluding carboxylic acids is 3. The predicted octanol–water partition coefficient (Wildman–Crippen LogP) is 2.94. The number of nitrogens with zero attached hydrogens (tertiary/aromatic N) is 3. The van der Waals surface area contributed by atoms with Crippen molar-refractivity contribution >= 4 is 18.0 Å². The standard InChI is InChI=1S/C24H27F3N4O6/c1-23(2,3)37-22(35)31-8-7-17(32)19(31)20(33)30-11-14-9-16(28-12-15(14)21(34)36-4)13-5-6-18(29-10-13)24(25,26)27/h5-6,9-10,12,17,19,32H,7-8,11H2,1-4H3,(H,30,33)/t17-,19+/m1/s1. The van der Waals surface area contributed by atoms with Crippen LogP contribution in [-0.2, 0) is 27.0 Å². The first kappa shape index (κ1) is 27.8. The summed E-state index contributed by atoms with van der Waals surface area (Å²) in [5.74, 6) is -1.42. The summed E-state index contributed by atoms with van der Waals surface area (Å²) in [4.78, 5) is 46.4. The highest BCUT2D eigenvalue weighted by molar-refractivity contribution is 5.92. The number of carbonyl (C=O) groups is 3. The van der Waals surface area contributed by atoms with Crippen LogP contribution >= 0.6 is 0 Å². The summed E-state index contributed by atoms with van der Waals surface area (Å²) in [6.45, 7) is 4.91. The Hall–Kier alpha value is -3.74. The minimum absolute atomic E-state index is 0.0161. The molecule has 0 radical (unpaired) electrons. The molecule has 2 atom stereocenters. The molecule has 0 spiro atoms. The van der Waals surface area contributed by atoms with E-state index in [-0.39, 0.29) is 41.9 Å². The molecule has 2 N–H and O–H groups in total. The molecule has 0 aromatic carbocycles. The van der Waals surface area contributed by atoms with Gasteiger partial charge in [-0.15, -0.1) is 0 Å². The van der Waals surface area contributed by atoms with Gasteiger partial charge in [-0.1, -0.05) is 0 Å². The number of ether oxygens (including phenoxy) is 2. The lowest BCUT2D eigenvalue weighted by molar-refractivity contribution is -0.141. The Morgan fingerprint density at radius 1 is 1.16 bits per heavy atom. The second-order valence-electron chi connectivity index (χ2n) is 9.34. The lowest BCUT2D eigenvalue weighted by atomic mass is 10.1. The van der Waals surface area contributed by atoms with Crippen molar-refractivity contribution in [1.29, 1.82) is 0 Å². The smallest absolute Gasteiger partial charge is 0.433 e. The third-order valence-electron chi connectivity index (χ3n) is 5.46. The number of amides is 2. The maximum Gasteiger partial charge on any atom is 0.433 e. The van der Waals surface area contributed by atoms with Gasteiger partial charge in [-0.2, -0.15) is 13.2 Å². The zero-order valence-corrected chi connectivity index (χ0v) is 20.6. The van der Waals surface area contributed by atoms with Crippen molar-refractivity contribution in [2.24, 2.45) is 0 Å². The summed E-state index contributed by atoms with van der Waals surface area (Å²) in [6.07, 6.45) is -4.13. The van der Waals surface area contributed by atoms with Crippen LogP contribution in [0, 0.1) is 0 Å². The van der Waals surface area contributed by atoms with E-state index in [4.69, 9.17) is 9.47 Å². The number of rotatable bonds is 5. The van der Waals surface area contributed by atoms with Gasteiger partial charge in [-0.05, 0) is 51.0 Å². The van der Waals surface area contributed by atoms with E-state index in [0.29, 0.717) is 0 Å². The van der Waals surface area contributed by atoms with E-state index in [1.165, 1.54) is 18.3 Å². The normalized spacial score (nSPS) is 17.9. The van der Waals surface area contributed by atoms with E-state index in [9.17, 15) is 32.7 Å². The molecule has 1 aliphatic heterocycles. The quantitative estimate of drug-likeness (QED) is 0.571. The number of nitrogens with one attached hydrogen (secondary N) is 1. The van der Waals surface area contributed by atoms with Gasteiger partial charge in [0.1, 0.15) is 17.3 Å². The van der Waals surface area contributed by atoms with Gasteiger partial charge in [0.05, 0.1) is 24.5 Å². The molecule has 1 fully saturated rings. The largest absolute Gasteiger partial charge is 0.465 e. The van der Waals surface area contributed by atoms with Crippen molar-refractivity contribution in [1.82, 2.24) is 20.2 Å². The average molecular weight is 524 g/mol. The first-order valence-corrected chi connectivity index (χ1v) is 11.3. The number of hydrogen-bond donors (Lipinski definition) is 2. The molecule has 10 nitrogen and oxygen atoms in total. The molecule has 0 unspecified atom stereocenters. The molecule has 2 aromatic rings. The van der Waals surface area contributed by atoms with Gasteiger partial charge in [0.25, 0.3) is 0 Å². The van der Waals surface area contributed by atoms with Gasteiger partial charge in [-0.25, -0.2) is 9.59 Å². The van der Waals surface area contributed by atoms with Crippen molar-refractivity contribution in [3.05, 3.63) is 47.4 Å². The Kier molecular flexibility index (Phi) is 8.06. The number of pyridine rings is 2. The number of halogens is 3. The number of aliphatic hydroxyl groups is 1. The van der Waals surface area contributed by atoms with Crippen LogP contribution in [0.5, 0.6) is 0 Å². The highest BCUT2D eigenvalue weighted by Gasteiger charge is 2.42. The molecule has 1 saturated heterocycles. The maximum atomic E-state index is 13.0. The molecule has 0 bridgehead atoms. The lowest BCUT2D eigenvalue weighted by Crippen LogP contribution is -2.51. The third-order valence-corrected chi connectivity index (χ3v) is 5.46. The fraction of sp³-hybridized carbons (Fsp3) is 0.458. The van der Waals surface area contributed by atoms with E-state index >= 15 is 0 Å². The number of hydrogen-bond acceptors (Lipinski definition) is 8. The summed E-state index contributed by atoms with van der Waals surface area (Å²) in [7, 11) is 1.16. The minimum atomic E-state index is -4.60. The maximum absolute atomic E-state index is 13.0. The summed E-state index contributed by atoms with van der Waals surface area (Å²) in [5, 5.41) is 12.9. The van der Waals surface area contributed by atoms with Crippen LogP contribution in [0.1, 0.15) is 48.8 Å². The first-order valence-electron chi connectivity index (χ1n) is 11.3. The van der Waals surface area contributed by atoms with E-state index in [1.807, 2.05) is 0 Å². The summed E-state index contributed by atoms with van der Waals surface area (Å²) in [6, 6.07) is 2.19. The van der Waals surface area contributed by atoms with Gasteiger partial charge < -0.3 is 19.9 Å². The molecular weight excluding hydrogens is 497 g/mol. The van der Waals surface area contributed by atoms with Gasteiger partial charge in [0.15, 0.2) is 0 Å². The van der Waals surface area contributed by atoms with Crippen LogP contribution in [0.2, 0.25) is 0 Å². The first-order chi connectivity index (χ1) is 17.2. The fourth-order valence-corrected chi connectivity index (χ4v) is 3.71. The monoisotopic (exact) mass is 524 g/mol. The van der Waals surface area contributed by atoms with Gasteiger partial charge >= 0.3 is 18.2 Å². The van der Waals surface area contributed by atoms with Crippen molar-refractivity contribution in [2.45, 2.75) is 57.7 Å². The van der Waals surface area contributed by atoms with Crippen LogP contribution in [0.3, 0.4) is 0 Å². The molecular formula is C24H27F3N4O6. The highest BCUT2D eigenvalue weighted by atomic mass is 19.4. The molecule has 0 aliphatic carbocycles. The molecule has 37 heavy (non-hydrogen) atoms. The second-order valence-corrected chi connectivity index (χ2v) is 9.34. The Morgan fingerprint density at radius 2 is 1.86 bits per heavy atom. The number of aliphatic hydroxyl groups excluding tert-OH is 1. The van der Waals surface area contributed by atoms with E-state index in [2.05, 4.69) is 15.3 Å². The molecule has 2 aromatic heterocycles. The van der Waals surface area contributed by atoms with Crippen LogP contribution in [0.4, 0.5) is 18.0 Å². The minimum Gasteiger partial charge on any atom is -0.465 e. The molecule has 1 aliphatic rings.